The molecule has 9 nitrogen and oxygen atoms in total. The van der Waals surface area contributed by atoms with Gasteiger partial charge in [-0.1, -0.05) is 48.4 Å². The normalized spacial score (nSPS) is 11.9. The Kier molecular flexibility index (Phi) is 11.0. The summed E-state index contributed by atoms with van der Waals surface area (Å²) in [7, 11) is -1.30. The molecule has 2 amide bonds. The second-order valence-corrected chi connectivity index (χ2v) is 11.6. The lowest BCUT2D eigenvalue weighted by Crippen LogP contribution is -2.52. The fourth-order valence-electron chi connectivity index (χ4n) is 4.35. The van der Waals surface area contributed by atoms with Crippen molar-refractivity contribution in [1.82, 2.24) is 10.2 Å². The van der Waals surface area contributed by atoms with Gasteiger partial charge >= 0.3 is 0 Å². The maximum Gasteiger partial charge on any atom is 0.264 e. The molecule has 3 aromatic rings. The smallest absolute Gasteiger partial charge is 0.264 e. The molecule has 0 heterocycles. The van der Waals surface area contributed by atoms with Gasteiger partial charge in [0.2, 0.25) is 11.8 Å². The average molecular weight is 602 g/mol. The summed E-state index contributed by atoms with van der Waals surface area (Å²) in [5.41, 5.74) is 1.73. The number of rotatable bonds is 13. The van der Waals surface area contributed by atoms with Crippen molar-refractivity contribution in [1.29, 1.82) is 0 Å². The number of hydrogen-bond donors (Lipinski definition) is 1. The molecule has 0 radical (unpaired) electrons. The van der Waals surface area contributed by atoms with Gasteiger partial charge in [-0.15, -0.1) is 0 Å². The number of carbonyl (C=O) groups excluding carboxylic acids is 2. The van der Waals surface area contributed by atoms with Gasteiger partial charge in [0.05, 0.1) is 24.8 Å². The number of hydrogen-bond acceptors (Lipinski definition) is 6. The molecule has 0 bridgehead atoms. The number of anilines is 1. The third kappa shape index (κ3) is 7.71. The van der Waals surface area contributed by atoms with Crippen molar-refractivity contribution in [3.8, 4) is 11.5 Å². The lowest BCUT2D eigenvalue weighted by molar-refractivity contribution is -0.140. The van der Waals surface area contributed by atoms with E-state index in [1.807, 2.05) is 6.92 Å². The van der Waals surface area contributed by atoms with Crippen LogP contribution in [0.15, 0.2) is 71.6 Å². The molecule has 220 valence electrons. The Hall–Kier alpha value is -3.76. The minimum Gasteiger partial charge on any atom is -0.497 e. The maximum absolute atomic E-state index is 14.1. The number of benzene rings is 3. The summed E-state index contributed by atoms with van der Waals surface area (Å²) in [5.74, 6) is -0.0389. The van der Waals surface area contributed by atoms with E-state index in [4.69, 9.17) is 21.1 Å². The number of carbonyl (C=O) groups is 2. The van der Waals surface area contributed by atoms with E-state index < -0.39 is 28.5 Å². The van der Waals surface area contributed by atoms with Crippen molar-refractivity contribution in [2.24, 2.45) is 0 Å². The fourth-order valence-corrected chi connectivity index (χ4v) is 5.93. The SMILES string of the molecule is CCNC(=O)C(CC)N(Cc1ccc(OC)cc1)C(=O)CN(c1cc(Cl)ccc1OC)S(=O)(=O)c1ccc(C)cc1. The Morgan fingerprint density at radius 2 is 1.61 bits per heavy atom. The van der Waals surface area contributed by atoms with Crippen molar-refractivity contribution in [3.05, 3.63) is 82.9 Å². The maximum atomic E-state index is 14.1. The average Bonchev–Trinajstić information content (AvgIpc) is 2.96. The molecule has 41 heavy (non-hydrogen) atoms. The summed E-state index contributed by atoms with van der Waals surface area (Å²) >= 11 is 6.28. The Balaban J connectivity index is 2.12. The monoisotopic (exact) mass is 601 g/mol. The molecule has 0 aliphatic heterocycles. The van der Waals surface area contributed by atoms with E-state index in [2.05, 4.69) is 5.32 Å². The second-order valence-electron chi connectivity index (χ2n) is 9.33. The largest absolute Gasteiger partial charge is 0.497 e. The third-order valence-electron chi connectivity index (χ3n) is 6.55. The van der Waals surface area contributed by atoms with E-state index in [9.17, 15) is 18.0 Å². The van der Waals surface area contributed by atoms with Crippen LogP contribution in [0.5, 0.6) is 11.5 Å². The number of sulfonamides is 1. The predicted molar refractivity (Wildman–Crippen MR) is 160 cm³/mol. The van der Waals surface area contributed by atoms with Crippen LogP contribution in [-0.2, 0) is 26.2 Å². The van der Waals surface area contributed by atoms with E-state index in [-0.39, 0.29) is 33.8 Å². The second kappa shape index (κ2) is 14.2. The van der Waals surface area contributed by atoms with Crippen LogP contribution < -0.4 is 19.1 Å². The van der Waals surface area contributed by atoms with Gasteiger partial charge in [-0.2, -0.15) is 0 Å². The first-order valence-electron chi connectivity index (χ1n) is 13.2. The highest BCUT2D eigenvalue weighted by Gasteiger charge is 2.34. The zero-order valence-electron chi connectivity index (χ0n) is 23.9. The van der Waals surface area contributed by atoms with Gasteiger partial charge in [-0.05, 0) is 68.3 Å². The molecule has 11 heteroatoms. The molecule has 0 spiro atoms. The molecular weight excluding hydrogens is 566 g/mol. The summed E-state index contributed by atoms with van der Waals surface area (Å²) in [6.45, 7) is 5.30. The van der Waals surface area contributed by atoms with Crippen LogP contribution in [0.2, 0.25) is 5.02 Å². The number of likely N-dealkylation sites (N-methyl/N-ethyl adjacent to an activating group) is 1. The van der Waals surface area contributed by atoms with Crippen LogP contribution in [-0.4, -0.2) is 58.5 Å². The first-order valence-corrected chi connectivity index (χ1v) is 15.0. The Labute approximate surface area is 247 Å². The Bertz CT molecular complexity index is 1450. The highest BCUT2D eigenvalue weighted by atomic mass is 35.5. The summed E-state index contributed by atoms with van der Waals surface area (Å²) in [5, 5.41) is 3.05. The number of nitrogens with zero attached hydrogens (tertiary/aromatic N) is 2. The van der Waals surface area contributed by atoms with E-state index in [0.29, 0.717) is 18.7 Å². The molecule has 0 aromatic heterocycles. The van der Waals surface area contributed by atoms with Gasteiger partial charge in [-0.3, -0.25) is 13.9 Å². The number of halogens is 1. The van der Waals surface area contributed by atoms with Gasteiger partial charge in [0, 0.05) is 18.1 Å². The molecular formula is C30H36ClN3O6S. The van der Waals surface area contributed by atoms with Gasteiger partial charge < -0.3 is 19.7 Å². The first-order chi connectivity index (χ1) is 19.5. The molecule has 1 N–H and O–H groups in total. The number of nitrogens with one attached hydrogen (secondary N) is 1. The Morgan fingerprint density at radius 3 is 2.17 bits per heavy atom. The quantitative estimate of drug-likeness (QED) is 0.302. The summed E-state index contributed by atoms with van der Waals surface area (Å²) in [6.07, 6.45) is 0.318. The van der Waals surface area contributed by atoms with Gasteiger partial charge in [0.1, 0.15) is 24.1 Å². The fraction of sp³-hybridized carbons (Fsp3) is 0.333. The zero-order valence-corrected chi connectivity index (χ0v) is 25.5. The molecule has 3 rings (SSSR count). The Morgan fingerprint density at radius 1 is 0.951 bits per heavy atom. The van der Waals surface area contributed by atoms with Crippen LogP contribution in [0.3, 0.4) is 0 Å². The van der Waals surface area contributed by atoms with E-state index >= 15 is 0 Å². The number of aryl methyl sites for hydroxylation is 1. The molecule has 0 fully saturated rings. The summed E-state index contributed by atoms with van der Waals surface area (Å²) in [6, 6.07) is 17.2. The standard InChI is InChI=1S/C30H36ClN3O6S/c1-6-26(30(36)32-7-2)33(19-22-10-13-24(39-4)14-11-22)29(35)20-34(27-18-23(31)12-17-28(27)40-5)41(37,38)25-15-8-21(3)9-16-25/h8-18,26H,6-7,19-20H2,1-5H3,(H,32,36). The summed E-state index contributed by atoms with van der Waals surface area (Å²) in [4.78, 5) is 28.6. The van der Waals surface area contributed by atoms with E-state index in [1.165, 1.54) is 30.2 Å². The van der Waals surface area contributed by atoms with E-state index in [0.717, 1.165) is 15.4 Å². The lowest BCUT2D eigenvalue weighted by Gasteiger charge is -2.33. The van der Waals surface area contributed by atoms with Crippen LogP contribution in [0.25, 0.3) is 0 Å². The predicted octanol–water partition coefficient (Wildman–Crippen LogP) is 4.80. The van der Waals surface area contributed by atoms with Crippen molar-refractivity contribution in [3.63, 3.8) is 0 Å². The van der Waals surface area contributed by atoms with Crippen molar-refractivity contribution >= 4 is 39.1 Å². The van der Waals surface area contributed by atoms with Crippen molar-refractivity contribution in [2.45, 2.75) is 44.7 Å². The highest BCUT2D eigenvalue weighted by molar-refractivity contribution is 7.92. The zero-order chi connectivity index (χ0) is 30.2. The van der Waals surface area contributed by atoms with Crippen LogP contribution >= 0.6 is 11.6 Å². The van der Waals surface area contributed by atoms with Crippen molar-refractivity contribution in [2.75, 3.05) is 31.6 Å². The van der Waals surface area contributed by atoms with Gasteiger partial charge in [0.25, 0.3) is 10.0 Å². The molecule has 0 saturated heterocycles. The molecule has 0 saturated carbocycles. The summed E-state index contributed by atoms with van der Waals surface area (Å²) < 4.78 is 39.8. The number of methoxy groups -OCH3 is 2. The number of ether oxygens (including phenoxy) is 2. The van der Waals surface area contributed by atoms with Crippen LogP contribution in [0, 0.1) is 6.92 Å². The topological polar surface area (TPSA) is 105 Å². The molecule has 0 aliphatic carbocycles. The minimum absolute atomic E-state index is 0.00426. The van der Waals surface area contributed by atoms with Gasteiger partial charge in [-0.25, -0.2) is 8.42 Å². The lowest BCUT2D eigenvalue weighted by atomic mass is 10.1. The molecule has 0 aliphatic rings. The minimum atomic E-state index is -4.26. The van der Waals surface area contributed by atoms with Gasteiger partial charge in [0.15, 0.2) is 0 Å². The number of amides is 2. The third-order valence-corrected chi connectivity index (χ3v) is 8.56. The van der Waals surface area contributed by atoms with Crippen LogP contribution in [0.1, 0.15) is 31.4 Å². The molecule has 1 atom stereocenters. The van der Waals surface area contributed by atoms with Crippen LogP contribution in [0.4, 0.5) is 5.69 Å². The highest BCUT2D eigenvalue weighted by Crippen LogP contribution is 2.35. The van der Waals surface area contributed by atoms with E-state index in [1.54, 1.807) is 69.5 Å². The molecule has 3 aromatic carbocycles. The van der Waals surface area contributed by atoms with Crippen molar-refractivity contribution < 1.29 is 27.5 Å². The molecule has 1 unspecified atom stereocenters. The first kappa shape index (κ1) is 31.8.